The van der Waals surface area contributed by atoms with Gasteiger partial charge in [-0.05, 0) is 51.4 Å². The molecule has 0 bridgehead atoms. The van der Waals surface area contributed by atoms with Crippen LogP contribution in [0.4, 0.5) is 0 Å². The Kier molecular flexibility index (Phi) is 16.8. The lowest BCUT2D eigenvalue weighted by Gasteiger charge is -2.38. The summed E-state index contributed by atoms with van der Waals surface area (Å²) in [4.78, 5) is 12.0. The SMILES string of the molecule is CCCCC[C@H](/C=C/C(/C=C/[C@H](O)COC(=O)C(C)(C)C)OCOCC[Si](C)(C)C)O[Si](C)(C)C(C)(C)C. The van der Waals surface area contributed by atoms with Crippen LogP contribution in [-0.2, 0) is 23.4 Å². The predicted molar refractivity (Wildman–Crippen MR) is 165 cm³/mol. The van der Waals surface area contributed by atoms with Crippen LogP contribution in [0.25, 0.3) is 0 Å². The number of ether oxygens (including phenoxy) is 3. The zero-order chi connectivity index (χ0) is 29.6. The van der Waals surface area contributed by atoms with Crippen LogP contribution >= 0.6 is 0 Å². The molecule has 0 aliphatic rings. The van der Waals surface area contributed by atoms with Crippen LogP contribution < -0.4 is 0 Å². The van der Waals surface area contributed by atoms with Crippen LogP contribution in [-0.4, -0.2) is 65.8 Å². The summed E-state index contributed by atoms with van der Waals surface area (Å²) in [6.07, 6.45) is 10.6. The van der Waals surface area contributed by atoms with Crippen molar-refractivity contribution in [2.75, 3.05) is 20.0 Å². The second-order valence-electron chi connectivity index (χ2n) is 14.1. The first-order valence-corrected chi connectivity index (χ1v) is 21.0. The molecule has 0 heterocycles. The van der Waals surface area contributed by atoms with E-state index in [9.17, 15) is 9.90 Å². The maximum Gasteiger partial charge on any atom is 0.311 e. The minimum Gasteiger partial charge on any atom is -0.462 e. The summed E-state index contributed by atoms with van der Waals surface area (Å²) in [5.74, 6) is -0.342. The van der Waals surface area contributed by atoms with Crippen LogP contribution in [0.2, 0.25) is 43.8 Å². The summed E-state index contributed by atoms with van der Waals surface area (Å²) in [7, 11) is -3.12. The largest absolute Gasteiger partial charge is 0.462 e. The van der Waals surface area contributed by atoms with Gasteiger partial charge in [-0.3, -0.25) is 4.79 Å². The molecule has 0 aromatic rings. The van der Waals surface area contributed by atoms with Gasteiger partial charge in [-0.1, -0.05) is 90.9 Å². The Labute approximate surface area is 236 Å². The van der Waals surface area contributed by atoms with Crippen molar-refractivity contribution in [2.24, 2.45) is 5.41 Å². The van der Waals surface area contributed by atoms with E-state index in [0.29, 0.717) is 6.61 Å². The second-order valence-corrected chi connectivity index (χ2v) is 24.4. The van der Waals surface area contributed by atoms with Crippen molar-refractivity contribution in [3.63, 3.8) is 0 Å². The number of carbonyl (C=O) groups is 1. The maximum absolute atomic E-state index is 12.0. The maximum atomic E-state index is 12.0. The number of aliphatic hydroxyl groups excluding tert-OH is 1. The van der Waals surface area contributed by atoms with Crippen LogP contribution in [0.3, 0.4) is 0 Å². The van der Waals surface area contributed by atoms with E-state index in [2.05, 4.69) is 66.5 Å². The Balaban J connectivity index is 5.48. The van der Waals surface area contributed by atoms with Gasteiger partial charge < -0.3 is 23.7 Å². The van der Waals surface area contributed by atoms with E-state index in [4.69, 9.17) is 18.6 Å². The van der Waals surface area contributed by atoms with E-state index in [1.807, 2.05) is 6.08 Å². The van der Waals surface area contributed by atoms with E-state index < -0.39 is 34.0 Å². The number of hydrogen-bond donors (Lipinski definition) is 1. The first-order valence-electron chi connectivity index (χ1n) is 14.4. The number of hydrogen-bond acceptors (Lipinski definition) is 6. The summed E-state index contributed by atoms with van der Waals surface area (Å²) >= 11 is 0. The molecule has 0 radical (unpaired) electrons. The Hall–Kier alpha value is -0.776. The van der Waals surface area contributed by atoms with Crippen LogP contribution in [0.1, 0.15) is 74.1 Å². The monoisotopic (exact) mass is 572 g/mol. The van der Waals surface area contributed by atoms with Crippen molar-refractivity contribution >= 4 is 22.4 Å². The van der Waals surface area contributed by atoms with Crippen LogP contribution in [0.15, 0.2) is 24.3 Å². The van der Waals surface area contributed by atoms with E-state index >= 15 is 0 Å². The van der Waals surface area contributed by atoms with Gasteiger partial charge in [0.25, 0.3) is 0 Å². The topological polar surface area (TPSA) is 74.2 Å². The first-order chi connectivity index (χ1) is 17.3. The molecule has 1 N–H and O–H groups in total. The Morgan fingerprint density at radius 1 is 0.921 bits per heavy atom. The van der Waals surface area contributed by atoms with Gasteiger partial charge in [-0.25, -0.2) is 0 Å². The Morgan fingerprint density at radius 3 is 2.05 bits per heavy atom. The summed E-state index contributed by atoms with van der Waals surface area (Å²) < 4.78 is 23.8. The molecule has 1 unspecified atom stereocenters. The minimum absolute atomic E-state index is 0.00687. The molecule has 0 saturated carbocycles. The molecular formula is C30H60O6Si2. The predicted octanol–water partition coefficient (Wildman–Crippen LogP) is 7.72. The molecule has 3 atom stereocenters. The Morgan fingerprint density at radius 2 is 1.53 bits per heavy atom. The summed E-state index contributed by atoms with van der Waals surface area (Å²) in [6.45, 7) is 26.6. The zero-order valence-corrected chi connectivity index (χ0v) is 28.7. The van der Waals surface area contributed by atoms with E-state index in [-0.39, 0.29) is 30.5 Å². The molecule has 0 amide bonds. The molecule has 38 heavy (non-hydrogen) atoms. The Bertz CT molecular complexity index is 714. The van der Waals surface area contributed by atoms with Gasteiger partial charge in [-0.2, -0.15) is 0 Å². The average Bonchev–Trinajstić information content (AvgIpc) is 2.75. The van der Waals surface area contributed by atoms with E-state index in [0.717, 1.165) is 25.3 Å². The molecule has 0 aromatic carbocycles. The molecular weight excluding hydrogens is 512 g/mol. The van der Waals surface area contributed by atoms with Gasteiger partial charge in [0.05, 0.1) is 17.6 Å². The molecule has 0 aliphatic heterocycles. The quantitative estimate of drug-likeness (QED) is 0.0596. The zero-order valence-electron chi connectivity index (χ0n) is 26.7. The van der Waals surface area contributed by atoms with Crippen molar-refractivity contribution < 1.29 is 28.5 Å². The smallest absolute Gasteiger partial charge is 0.311 e. The second kappa shape index (κ2) is 17.1. The van der Waals surface area contributed by atoms with Crippen molar-refractivity contribution in [2.45, 2.75) is 136 Å². The van der Waals surface area contributed by atoms with Gasteiger partial charge in [0, 0.05) is 14.7 Å². The summed E-state index contributed by atoms with van der Waals surface area (Å²) in [5.41, 5.74) is -0.609. The van der Waals surface area contributed by atoms with Crippen molar-refractivity contribution in [1.29, 1.82) is 0 Å². The van der Waals surface area contributed by atoms with Crippen LogP contribution in [0, 0.1) is 5.41 Å². The molecule has 0 fully saturated rings. The highest BCUT2D eigenvalue weighted by molar-refractivity contribution is 6.76. The molecule has 8 heteroatoms. The number of unbranched alkanes of at least 4 members (excludes halogenated alkanes) is 2. The highest BCUT2D eigenvalue weighted by Gasteiger charge is 2.38. The molecule has 0 rings (SSSR count). The number of aliphatic hydroxyl groups is 1. The summed E-state index contributed by atoms with van der Waals surface area (Å²) in [5, 5.41) is 10.5. The van der Waals surface area contributed by atoms with Gasteiger partial charge in [0.1, 0.15) is 19.5 Å². The molecule has 0 saturated heterocycles. The molecule has 0 aliphatic carbocycles. The average molecular weight is 573 g/mol. The third-order valence-electron chi connectivity index (χ3n) is 6.72. The van der Waals surface area contributed by atoms with Gasteiger partial charge in [0.2, 0.25) is 0 Å². The molecule has 0 spiro atoms. The minimum atomic E-state index is -1.95. The number of rotatable bonds is 18. The summed E-state index contributed by atoms with van der Waals surface area (Å²) in [6, 6.07) is 1.07. The number of esters is 1. The molecule has 224 valence electrons. The lowest BCUT2D eigenvalue weighted by Crippen LogP contribution is -2.43. The van der Waals surface area contributed by atoms with Crippen LogP contribution in [0.5, 0.6) is 0 Å². The normalized spacial score (nSPS) is 16.2. The lowest BCUT2D eigenvalue weighted by molar-refractivity contribution is -0.155. The first kappa shape index (κ1) is 37.2. The van der Waals surface area contributed by atoms with Gasteiger partial charge in [0.15, 0.2) is 8.32 Å². The van der Waals surface area contributed by atoms with Crippen molar-refractivity contribution in [3.05, 3.63) is 24.3 Å². The van der Waals surface area contributed by atoms with E-state index in [1.54, 1.807) is 32.9 Å². The van der Waals surface area contributed by atoms with Gasteiger partial charge in [-0.15, -0.1) is 0 Å². The third-order valence-corrected chi connectivity index (χ3v) is 12.9. The third kappa shape index (κ3) is 17.7. The molecule has 6 nitrogen and oxygen atoms in total. The standard InChI is InChI=1S/C30H60O6Si2/c1-13-14-15-16-27(36-38(11,12)30(5,6)7)20-19-26(35-24-33-21-22-37(8,9)10)18-17-25(31)23-34-28(32)29(2,3)4/h17-20,25-27,31H,13-16,21-24H2,1-12H3/b18-17+,20-19+/t25-,26?,27+/m0/s1. The highest BCUT2D eigenvalue weighted by atomic mass is 28.4. The number of carbonyl (C=O) groups excluding carboxylic acids is 1. The molecule has 0 aromatic heterocycles. The van der Waals surface area contributed by atoms with Gasteiger partial charge >= 0.3 is 5.97 Å². The fourth-order valence-electron chi connectivity index (χ4n) is 2.99. The lowest BCUT2D eigenvalue weighted by atomic mass is 9.97. The van der Waals surface area contributed by atoms with E-state index in [1.165, 1.54) is 6.42 Å². The van der Waals surface area contributed by atoms with Crippen molar-refractivity contribution in [1.82, 2.24) is 0 Å². The highest BCUT2D eigenvalue weighted by Crippen LogP contribution is 2.38. The fraction of sp³-hybridized carbons (Fsp3) is 0.833. The van der Waals surface area contributed by atoms with Crippen molar-refractivity contribution in [3.8, 4) is 0 Å². The fourth-order valence-corrected chi connectivity index (χ4v) is 5.05.